The average Bonchev–Trinajstić information content (AvgIpc) is 3.02. The molecule has 2 aromatic carbocycles. The minimum Gasteiger partial charge on any atom is -0.497 e. The first-order valence-corrected chi connectivity index (χ1v) is 8.32. The maximum Gasteiger partial charge on any atom is 0.281 e. The summed E-state index contributed by atoms with van der Waals surface area (Å²) in [5.41, 5.74) is 8.36. The topological polar surface area (TPSA) is 83.0 Å². The molecule has 0 aliphatic rings. The fourth-order valence-electron chi connectivity index (χ4n) is 2.57. The van der Waals surface area contributed by atoms with Crippen molar-refractivity contribution in [1.82, 2.24) is 14.8 Å². The number of anilines is 1. The second-order valence-corrected chi connectivity index (χ2v) is 7.07. The van der Waals surface area contributed by atoms with E-state index in [0.717, 1.165) is 21.6 Å². The molecule has 0 fully saturated rings. The summed E-state index contributed by atoms with van der Waals surface area (Å²) in [4.78, 5) is 16.9. The van der Waals surface area contributed by atoms with Crippen LogP contribution in [0.15, 0.2) is 48.5 Å². The summed E-state index contributed by atoms with van der Waals surface area (Å²) in [5.74, 6) is 0.872. The van der Waals surface area contributed by atoms with Crippen LogP contribution in [0.25, 0.3) is 11.4 Å². The molecule has 0 unspecified atom stereocenters. The predicted molar refractivity (Wildman–Crippen MR) is 101 cm³/mol. The van der Waals surface area contributed by atoms with E-state index in [4.69, 9.17) is 10.5 Å². The molecule has 0 bridgehead atoms. The number of hydrogen-bond donors (Lipinski definition) is 1. The molecule has 0 saturated carbocycles. The molecule has 6 nitrogen and oxygen atoms in total. The lowest BCUT2D eigenvalue weighted by Crippen LogP contribution is -2.17. The normalized spacial score (nSPS) is 11.4. The van der Waals surface area contributed by atoms with Gasteiger partial charge in [0.05, 0.1) is 7.11 Å². The predicted octanol–water partition coefficient (Wildman–Crippen LogP) is 3.52. The van der Waals surface area contributed by atoms with Crippen molar-refractivity contribution in [3.63, 3.8) is 0 Å². The van der Waals surface area contributed by atoms with Crippen molar-refractivity contribution in [2.45, 2.75) is 26.2 Å². The van der Waals surface area contributed by atoms with Crippen LogP contribution in [0.1, 0.15) is 36.7 Å². The standard InChI is InChI=1S/C20H22N4O2/c1-20(2,3)15-9-5-14(6-10-15)18(25)24-19(21)22-17(23-24)13-7-11-16(26-4)12-8-13/h5-12H,1-4H3,(H2,21,22,23). The number of carbonyl (C=O) groups is 1. The van der Waals surface area contributed by atoms with Crippen molar-refractivity contribution in [2.24, 2.45) is 0 Å². The van der Waals surface area contributed by atoms with E-state index in [1.807, 2.05) is 24.3 Å². The van der Waals surface area contributed by atoms with Crippen molar-refractivity contribution in [3.05, 3.63) is 59.7 Å². The molecule has 6 heteroatoms. The van der Waals surface area contributed by atoms with E-state index in [0.29, 0.717) is 11.4 Å². The first-order chi connectivity index (χ1) is 12.3. The quantitative estimate of drug-likeness (QED) is 0.781. The van der Waals surface area contributed by atoms with Crippen molar-refractivity contribution in [3.8, 4) is 17.1 Å². The number of benzene rings is 2. The van der Waals surface area contributed by atoms with Gasteiger partial charge < -0.3 is 10.5 Å². The number of carbonyl (C=O) groups excluding carboxylic acids is 1. The minimum atomic E-state index is -0.310. The Kier molecular flexibility index (Phi) is 4.50. The van der Waals surface area contributed by atoms with Gasteiger partial charge in [-0.3, -0.25) is 4.79 Å². The summed E-state index contributed by atoms with van der Waals surface area (Å²) in [6, 6.07) is 14.7. The van der Waals surface area contributed by atoms with Gasteiger partial charge in [-0.2, -0.15) is 9.67 Å². The van der Waals surface area contributed by atoms with Crippen LogP contribution >= 0.6 is 0 Å². The van der Waals surface area contributed by atoms with Crippen LogP contribution in [0.3, 0.4) is 0 Å². The molecule has 0 atom stereocenters. The number of nitrogens with zero attached hydrogens (tertiary/aromatic N) is 3. The lowest BCUT2D eigenvalue weighted by Gasteiger charge is -2.18. The number of aromatic nitrogens is 3. The zero-order chi connectivity index (χ0) is 18.9. The van der Waals surface area contributed by atoms with E-state index in [-0.39, 0.29) is 17.3 Å². The first-order valence-electron chi connectivity index (χ1n) is 8.32. The first kappa shape index (κ1) is 17.7. The van der Waals surface area contributed by atoms with Crippen LogP contribution in [-0.2, 0) is 5.41 Å². The zero-order valence-electron chi connectivity index (χ0n) is 15.4. The summed E-state index contributed by atoms with van der Waals surface area (Å²) in [6.07, 6.45) is 0. The third kappa shape index (κ3) is 3.44. The van der Waals surface area contributed by atoms with Crippen LogP contribution in [0.2, 0.25) is 0 Å². The Hall–Kier alpha value is -3.15. The summed E-state index contributed by atoms with van der Waals surface area (Å²) in [7, 11) is 1.60. The van der Waals surface area contributed by atoms with E-state index in [1.54, 1.807) is 31.4 Å². The molecular weight excluding hydrogens is 328 g/mol. The molecule has 134 valence electrons. The number of methoxy groups -OCH3 is 1. The highest BCUT2D eigenvalue weighted by Crippen LogP contribution is 2.23. The van der Waals surface area contributed by atoms with Crippen LogP contribution in [-0.4, -0.2) is 27.8 Å². The van der Waals surface area contributed by atoms with Gasteiger partial charge in [-0.05, 0) is 47.4 Å². The summed E-state index contributed by atoms with van der Waals surface area (Å²) in [5, 5.41) is 4.27. The van der Waals surface area contributed by atoms with Gasteiger partial charge in [0, 0.05) is 11.1 Å². The van der Waals surface area contributed by atoms with Crippen LogP contribution < -0.4 is 10.5 Å². The molecule has 1 aromatic heterocycles. The van der Waals surface area contributed by atoms with E-state index in [9.17, 15) is 4.79 Å². The SMILES string of the molecule is COc1ccc(-c2nc(N)n(C(=O)c3ccc(C(C)(C)C)cc3)n2)cc1. The lowest BCUT2D eigenvalue weighted by atomic mass is 9.87. The second-order valence-electron chi connectivity index (χ2n) is 7.07. The number of rotatable bonds is 3. The Morgan fingerprint density at radius 2 is 1.65 bits per heavy atom. The molecule has 0 aliphatic carbocycles. The molecule has 0 aliphatic heterocycles. The monoisotopic (exact) mass is 350 g/mol. The molecule has 2 N–H and O–H groups in total. The van der Waals surface area contributed by atoms with E-state index in [2.05, 4.69) is 30.9 Å². The van der Waals surface area contributed by atoms with Crippen molar-refractivity contribution < 1.29 is 9.53 Å². The lowest BCUT2D eigenvalue weighted by molar-refractivity contribution is 0.0948. The number of nitrogen functional groups attached to an aromatic ring is 1. The summed E-state index contributed by atoms with van der Waals surface area (Å²) < 4.78 is 6.27. The fraction of sp³-hybridized carbons (Fsp3) is 0.250. The van der Waals surface area contributed by atoms with Crippen LogP contribution in [0, 0.1) is 0 Å². The Morgan fingerprint density at radius 3 is 2.19 bits per heavy atom. The largest absolute Gasteiger partial charge is 0.497 e. The van der Waals surface area contributed by atoms with Gasteiger partial charge in [0.15, 0.2) is 5.82 Å². The third-order valence-electron chi connectivity index (χ3n) is 4.17. The van der Waals surface area contributed by atoms with E-state index >= 15 is 0 Å². The van der Waals surface area contributed by atoms with Gasteiger partial charge in [-0.15, -0.1) is 5.10 Å². The molecule has 3 aromatic rings. The Bertz CT molecular complexity index is 920. The number of nitrogens with two attached hydrogens (primary N) is 1. The highest BCUT2D eigenvalue weighted by atomic mass is 16.5. The molecular formula is C20H22N4O2. The van der Waals surface area contributed by atoms with Gasteiger partial charge in [-0.25, -0.2) is 0 Å². The van der Waals surface area contributed by atoms with Gasteiger partial charge in [-0.1, -0.05) is 32.9 Å². The van der Waals surface area contributed by atoms with Gasteiger partial charge >= 0.3 is 0 Å². The second kappa shape index (κ2) is 6.63. The highest BCUT2D eigenvalue weighted by molar-refractivity contribution is 5.97. The average molecular weight is 350 g/mol. The zero-order valence-corrected chi connectivity index (χ0v) is 15.4. The highest BCUT2D eigenvalue weighted by Gasteiger charge is 2.18. The number of ether oxygens (including phenoxy) is 1. The fourth-order valence-corrected chi connectivity index (χ4v) is 2.57. The smallest absolute Gasteiger partial charge is 0.281 e. The van der Waals surface area contributed by atoms with Gasteiger partial charge in [0.25, 0.3) is 5.91 Å². The van der Waals surface area contributed by atoms with E-state index < -0.39 is 0 Å². The van der Waals surface area contributed by atoms with E-state index in [1.165, 1.54) is 0 Å². The van der Waals surface area contributed by atoms with Crippen molar-refractivity contribution >= 4 is 11.9 Å². The maximum absolute atomic E-state index is 12.7. The Labute approximate surface area is 152 Å². The van der Waals surface area contributed by atoms with Crippen molar-refractivity contribution in [2.75, 3.05) is 12.8 Å². The third-order valence-corrected chi connectivity index (χ3v) is 4.17. The van der Waals surface area contributed by atoms with Crippen LogP contribution in [0.4, 0.5) is 5.95 Å². The Morgan fingerprint density at radius 1 is 1.04 bits per heavy atom. The van der Waals surface area contributed by atoms with Crippen molar-refractivity contribution in [1.29, 1.82) is 0 Å². The Balaban J connectivity index is 1.89. The molecule has 1 heterocycles. The summed E-state index contributed by atoms with van der Waals surface area (Å²) in [6.45, 7) is 6.38. The molecule has 0 saturated heterocycles. The number of hydrogen-bond acceptors (Lipinski definition) is 5. The molecule has 26 heavy (non-hydrogen) atoms. The van der Waals surface area contributed by atoms with Crippen LogP contribution in [0.5, 0.6) is 5.75 Å². The molecule has 0 amide bonds. The summed E-state index contributed by atoms with van der Waals surface area (Å²) >= 11 is 0. The van der Waals surface area contributed by atoms with Gasteiger partial charge in [0.1, 0.15) is 5.75 Å². The molecule has 3 rings (SSSR count). The minimum absolute atomic E-state index is 0.0232. The maximum atomic E-state index is 12.7. The van der Waals surface area contributed by atoms with Gasteiger partial charge in [0.2, 0.25) is 5.95 Å². The molecule has 0 spiro atoms. The molecule has 0 radical (unpaired) electrons.